The Morgan fingerprint density at radius 2 is 1.73 bits per heavy atom. The summed E-state index contributed by atoms with van der Waals surface area (Å²) >= 11 is 6.17. The van der Waals surface area contributed by atoms with Crippen LogP contribution < -0.4 is 0 Å². The molecule has 0 atom stereocenters. The van der Waals surface area contributed by atoms with E-state index in [2.05, 4.69) is 0 Å². The number of carbonyl (C=O) groups is 1. The van der Waals surface area contributed by atoms with Gasteiger partial charge in [-0.2, -0.15) is 5.10 Å². The number of benzene rings is 2. The van der Waals surface area contributed by atoms with Crippen LogP contribution in [0.1, 0.15) is 29.6 Å². The van der Waals surface area contributed by atoms with Gasteiger partial charge in [-0.15, -0.1) is 0 Å². The molecule has 2 heterocycles. The zero-order valence-corrected chi connectivity index (χ0v) is 15.2. The Balaban J connectivity index is 1.80. The van der Waals surface area contributed by atoms with Gasteiger partial charge in [0.1, 0.15) is 5.69 Å². The fourth-order valence-corrected chi connectivity index (χ4v) is 3.55. The van der Waals surface area contributed by atoms with Gasteiger partial charge in [-0.3, -0.25) is 4.79 Å². The molecule has 1 fully saturated rings. The van der Waals surface area contributed by atoms with Crippen LogP contribution in [0.2, 0.25) is 5.02 Å². The molecule has 1 aromatic heterocycles. The Morgan fingerprint density at radius 3 is 2.46 bits per heavy atom. The van der Waals surface area contributed by atoms with E-state index in [0.29, 0.717) is 16.3 Å². The molecule has 4 rings (SSSR count). The van der Waals surface area contributed by atoms with Crippen LogP contribution in [0.15, 0.2) is 60.8 Å². The second kappa shape index (κ2) is 7.34. The summed E-state index contributed by atoms with van der Waals surface area (Å²) in [7, 11) is 0. The van der Waals surface area contributed by atoms with Crippen LogP contribution in [0.3, 0.4) is 0 Å². The summed E-state index contributed by atoms with van der Waals surface area (Å²) in [6, 6.07) is 17.3. The lowest BCUT2D eigenvalue weighted by Crippen LogP contribution is -2.35. The normalized spacial score (nSPS) is 14.4. The lowest BCUT2D eigenvalue weighted by Gasteiger charge is -2.26. The molecule has 0 aliphatic carbocycles. The molecule has 0 unspecified atom stereocenters. The van der Waals surface area contributed by atoms with Crippen LogP contribution >= 0.6 is 11.6 Å². The SMILES string of the molecule is O=C(c1cn(-c2ccccc2)nc1-c1cccc(Cl)c1)N1CCCCC1. The van der Waals surface area contributed by atoms with Crippen molar-refractivity contribution in [3.8, 4) is 16.9 Å². The van der Waals surface area contributed by atoms with Crippen molar-refractivity contribution in [2.45, 2.75) is 19.3 Å². The van der Waals surface area contributed by atoms with Crippen LogP contribution in [-0.4, -0.2) is 33.7 Å². The minimum Gasteiger partial charge on any atom is -0.339 e. The maximum atomic E-state index is 13.2. The number of halogens is 1. The van der Waals surface area contributed by atoms with Gasteiger partial charge in [0.15, 0.2) is 0 Å². The van der Waals surface area contributed by atoms with E-state index < -0.39 is 0 Å². The highest BCUT2D eigenvalue weighted by Crippen LogP contribution is 2.27. The van der Waals surface area contributed by atoms with Crippen molar-refractivity contribution in [1.82, 2.24) is 14.7 Å². The van der Waals surface area contributed by atoms with Gasteiger partial charge in [0, 0.05) is 29.9 Å². The summed E-state index contributed by atoms with van der Waals surface area (Å²) in [6.45, 7) is 1.62. The highest BCUT2D eigenvalue weighted by molar-refractivity contribution is 6.30. The number of hydrogen-bond donors (Lipinski definition) is 0. The second-order valence-electron chi connectivity index (χ2n) is 6.53. The number of nitrogens with zero attached hydrogens (tertiary/aromatic N) is 3. The predicted octanol–water partition coefficient (Wildman–Crippen LogP) is 4.82. The zero-order valence-electron chi connectivity index (χ0n) is 14.4. The molecule has 132 valence electrons. The number of amides is 1. The lowest BCUT2D eigenvalue weighted by atomic mass is 10.1. The first-order chi connectivity index (χ1) is 12.7. The van der Waals surface area contributed by atoms with Crippen molar-refractivity contribution >= 4 is 17.5 Å². The van der Waals surface area contributed by atoms with Gasteiger partial charge in [-0.1, -0.05) is 41.9 Å². The van der Waals surface area contributed by atoms with Gasteiger partial charge in [0.25, 0.3) is 5.91 Å². The molecular formula is C21H20ClN3O. The molecule has 3 aromatic rings. The third-order valence-electron chi connectivity index (χ3n) is 4.71. The Morgan fingerprint density at radius 1 is 0.962 bits per heavy atom. The first-order valence-electron chi connectivity index (χ1n) is 8.93. The smallest absolute Gasteiger partial charge is 0.257 e. The number of hydrogen-bond acceptors (Lipinski definition) is 2. The molecule has 1 aliphatic heterocycles. The maximum absolute atomic E-state index is 13.2. The molecule has 1 amide bonds. The first kappa shape index (κ1) is 16.9. The number of carbonyl (C=O) groups excluding carboxylic acids is 1. The molecule has 1 aliphatic rings. The average Bonchev–Trinajstić information content (AvgIpc) is 3.14. The largest absolute Gasteiger partial charge is 0.339 e. The maximum Gasteiger partial charge on any atom is 0.257 e. The molecule has 26 heavy (non-hydrogen) atoms. The topological polar surface area (TPSA) is 38.1 Å². The van der Waals surface area contributed by atoms with Crippen molar-refractivity contribution in [1.29, 1.82) is 0 Å². The molecule has 0 bridgehead atoms. The Hall–Kier alpha value is -2.59. The van der Waals surface area contributed by atoms with E-state index in [4.69, 9.17) is 16.7 Å². The van der Waals surface area contributed by atoms with E-state index in [1.807, 2.05) is 65.7 Å². The predicted molar refractivity (Wildman–Crippen MR) is 104 cm³/mol. The minimum atomic E-state index is 0.0434. The van der Waals surface area contributed by atoms with Crippen molar-refractivity contribution in [2.24, 2.45) is 0 Å². The summed E-state index contributed by atoms with van der Waals surface area (Å²) in [5, 5.41) is 5.35. The van der Waals surface area contributed by atoms with Crippen molar-refractivity contribution < 1.29 is 4.79 Å². The summed E-state index contributed by atoms with van der Waals surface area (Å²) < 4.78 is 1.77. The molecule has 4 nitrogen and oxygen atoms in total. The Labute approximate surface area is 158 Å². The van der Waals surface area contributed by atoms with E-state index in [1.54, 1.807) is 4.68 Å². The average molecular weight is 366 g/mol. The fourth-order valence-electron chi connectivity index (χ4n) is 3.36. The summed E-state index contributed by atoms with van der Waals surface area (Å²) in [6.07, 6.45) is 5.15. The summed E-state index contributed by atoms with van der Waals surface area (Å²) in [4.78, 5) is 15.1. The van der Waals surface area contributed by atoms with Crippen molar-refractivity contribution in [2.75, 3.05) is 13.1 Å². The first-order valence-corrected chi connectivity index (χ1v) is 9.30. The number of rotatable bonds is 3. The van der Waals surface area contributed by atoms with Gasteiger partial charge in [-0.25, -0.2) is 4.68 Å². The Bertz CT molecular complexity index is 914. The monoisotopic (exact) mass is 365 g/mol. The zero-order chi connectivity index (χ0) is 17.9. The van der Waals surface area contributed by atoms with E-state index in [-0.39, 0.29) is 5.91 Å². The van der Waals surface area contributed by atoms with Gasteiger partial charge in [-0.05, 0) is 43.5 Å². The quantitative estimate of drug-likeness (QED) is 0.667. The third kappa shape index (κ3) is 3.37. The van der Waals surface area contributed by atoms with Gasteiger partial charge >= 0.3 is 0 Å². The molecule has 0 spiro atoms. The number of aromatic nitrogens is 2. The van der Waals surface area contributed by atoms with E-state index >= 15 is 0 Å². The molecule has 1 saturated heterocycles. The van der Waals surface area contributed by atoms with E-state index in [0.717, 1.165) is 37.2 Å². The highest BCUT2D eigenvalue weighted by atomic mass is 35.5. The van der Waals surface area contributed by atoms with Crippen LogP contribution in [0.4, 0.5) is 0 Å². The molecule has 0 N–H and O–H groups in total. The van der Waals surface area contributed by atoms with Crippen LogP contribution in [0, 0.1) is 0 Å². The highest BCUT2D eigenvalue weighted by Gasteiger charge is 2.24. The van der Waals surface area contributed by atoms with Crippen LogP contribution in [0.5, 0.6) is 0 Å². The second-order valence-corrected chi connectivity index (χ2v) is 6.97. The molecular weight excluding hydrogens is 346 g/mol. The molecule has 2 aromatic carbocycles. The molecule has 0 saturated carbocycles. The van der Waals surface area contributed by atoms with E-state index in [1.165, 1.54) is 6.42 Å². The molecule has 0 radical (unpaired) electrons. The fraction of sp³-hybridized carbons (Fsp3) is 0.238. The van der Waals surface area contributed by atoms with Crippen LogP contribution in [0.25, 0.3) is 16.9 Å². The lowest BCUT2D eigenvalue weighted by molar-refractivity contribution is 0.0725. The van der Waals surface area contributed by atoms with Gasteiger partial charge < -0.3 is 4.90 Å². The van der Waals surface area contributed by atoms with Gasteiger partial charge in [0.05, 0.1) is 11.3 Å². The summed E-state index contributed by atoms with van der Waals surface area (Å²) in [5.74, 6) is 0.0434. The molecule has 5 heteroatoms. The number of piperidine rings is 1. The number of para-hydroxylation sites is 1. The number of likely N-dealkylation sites (tertiary alicyclic amines) is 1. The van der Waals surface area contributed by atoms with Gasteiger partial charge in [0.2, 0.25) is 0 Å². The summed E-state index contributed by atoms with van der Waals surface area (Å²) in [5.41, 5.74) is 3.07. The van der Waals surface area contributed by atoms with E-state index in [9.17, 15) is 4.79 Å². The van der Waals surface area contributed by atoms with Crippen LogP contribution in [-0.2, 0) is 0 Å². The van der Waals surface area contributed by atoms with Crippen molar-refractivity contribution in [3.05, 3.63) is 71.4 Å². The minimum absolute atomic E-state index is 0.0434. The van der Waals surface area contributed by atoms with Crippen molar-refractivity contribution in [3.63, 3.8) is 0 Å². The third-order valence-corrected chi connectivity index (χ3v) is 4.94. The standard InChI is InChI=1S/C21H20ClN3O/c22-17-9-7-8-16(14-17)20-19(21(26)24-12-5-2-6-13-24)15-25(23-20)18-10-3-1-4-11-18/h1,3-4,7-11,14-15H,2,5-6,12-13H2. The Kier molecular flexibility index (Phi) is 4.76.